The van der Waals surface area contributed by atoms with Crippen LogP contribution < -0.4 is 14.8 Å². The highest BCUT2D eigenvalue weighted by Gasteiger charge is 2.16. The number of ether oxygens (including phenoxy) is 2. The number of carbonyl (C=O) groups excluding carboxylic acids is 1. The Hall–Kier alpha value is -1.47. The summed E-state index contributed by atoms with van der Waals surface area (Å²) in [5.74, 6) is 0.997. The quantitative estimate of drug-likeness (QED) is 0.601. The predicted molar refractivity (Wildman–Crippen MR) is 105 cm³/mol. The van der Waals surface area contributed by atoms with Gasteiger partial charge in [-0.1, -0.05) is 31.5 Å². The minimum atomic E-state index is -0.257. The monoisotopic (exact) mass is 459 g/mol. The van der Waals surface area contributed by atoms with Gasteiger partial charge in [0, 0.05) is 14.8 Å². The number of amides is 1. The SMILES string of the molecule is COc1cc(C(=O)Nc2cccc(I)c2)cc(Cl)c1OCC(C)C. The molecular weight excluding hydrogens is 441 g/mol. The molecule has 24 heavy (non-hydrogen) atoms. The summed E-state index contributed by atoms with van der Waals surface area (Å²) >= 11 is 8.48. The lowest BCUT2D eigenvalue weighted by atomic mass is 10.1. The number of rotatable bonds is 6. The summed E-state index contributed by atoms with van der Waals surface area (Å²) in [5, 5.41) is 3.20. The molecule has 2 rings (SSSR count). The maximum Gasteiger partial charge on any atom is 0.255 e. The second kappa shape index (κ2) is 8.58. The Morgan fingerprint density at radius 2 is 2.04 bits per heavy atom. The Morgan fingerprint density at radius 3 is 2.67 bits per heavy atom. The first kappa shape index (κ1) is 18.9. The molecule has 0 radical (unpaired) electrons. The number of nitrogens with one attached hydrogen (secondary N) is 1. The Morgan fingerprint density at radius 1 is 1.29 bits per heavy atom. The molecule has 0 atom stereocenters. The molecule has 0 aromatic heterocycles. The summed E-state index contributed by atoms with van der Waals surface area (Å²) < 4.78 is 12.1. The molecule has 0 fully saturated rings. The summed E-state index contributed by atoms with van der Waals surface area (Å²) in [6.45, 7) is 4.61. The third kappa shape index (κ3) is 5.01. The average molecular weight is 460 g/mol. The van der Waals surface area contributed by atoms with E-state index in [-0.39, 0.29) is 5.91 Å². The molecule has 0 heterocycles. The van der Waals surface area contributed by atoms with Gasteiger partial charge in [-0.05, 0) is 58.8 Å². The zero-order chi connectivity index (χ0) is 17.7. The van der Waals surface area contributed by atoms with Crippen LogP contribution in [0.4, 0.5) is 5.69 Å². The Bertz CT molecular complexity index is 734. The molecule has 1 amide bonds. The molecule has 4 nitrogen and oxygen atoms in total. The summed E-state index contributed by atoms with van der Waals surface area (Å²) in [6.07, 6.45) is 0. The van der Waals surface area contributed by atoms with Gasteiger partial charge in [0.15, 0.2) is 11.5 Å². The Labute approximate surface area is 160 Å². The van der Waals surface area contributed by atoms with Crippen LogP contribution in [0.15, 0.2) is 36.4 Å². The van der Waals surface area contributed by atoms with E-state index in [9.17, 15) is 4.79 Å². The smallest absolute Gasteiger partial charge is 0.255 e. The van der Waals surface area contributed by atoms with Gasteiger partial charge in [0.25, 0.3) is 5.91 Å². The van der Waals surface area contributed by atoms with Gasteiger partial charge in [-0.3, -0.25) is 4.79 Å². The molecule has 1 N–H and O–H groups in total. The van der Waals surface area contributed by atoms with Crippen LogP contribution in [0.25, 0.3) is 0 Å². The van der Waals surface area contributed by atoms with E-state index >= 15 is 0 Å². The number of methoxy groups -OCH3 is 1. The van der Waals surface area contributed by atoms with Crippen LogP contribution in [0.3, 0.4) is 0 Å². The van der Waals surface area contributed by atoms with Gasteiger partial charge in [-0.15, -0.1) is 0 Å². The van der Waals surface area contributed by atoms with Crippen LogP contribution in [0.1, 0.15) is 24.2 Å². The van der Waals surface area contributed by atoms with Crippen molar-refractivity contribution >= 4 is 45.8 Å². The maximum absolute atomic E-state index is 12.5. The second-order valence-corrected chi connectivity index (χ2v) is 7.31. The van der Waals surface area contributed by atoms with Crippen molar-refractivity contribution in [1.29, 1.82) is 0 Å². The maximum atomic E-state index is 12.5. The number of hydrogen-bond donors (Lipinski definition) is 1. The van der Waals surface area contributed by atoms with E-state index in [0.29, 0.717) is 34.6 Å². The van der Waals surface area contributed by atoms with Gasteiger partial charge >= 0.3 is 0 Å². The minimum Gasteiger partial charge on any atom is -0.493 e. The van der Waals surface area contributed by atoms with Gasteiger partial charge < -0.3 is 14.8 Å². The van der Waals surface area contributed by atoms with E-state index in [1.165, 1.54) is 7.11 Å². The Kier molecular flexibility index (Phi) is 6.74. The van der Waals surface area contributed by atoms with Crippen LogP contribution in [0.2, 0.25) is 5.02 Å². The molecular formula is C18H19ClINO3. The van der Waals surface area contributed by atoms with Crippen molar-refractivity contribution in [2.75, 3.05) is 19.0 Å². The number of halogens is 2. The van der Waals surface area contributed by atoms with E-state index in [4.69, 9.17) is 21.1 Å². The van der Waals surface area contributed by atoms with Crippen LogP contribution in [-0.4, -0.2) is 19.6 Å². The molecule has 0 aliphatic carbocycles. The van der Waals surface area contributed by atoms with Gasteiger partial charge in [-0.2, -0.15) is 0 Å². The molecule has 0 saturated heterocycles. The lowest BCUT2D eigenvalue weighted by Gasteiger charge is -2.15. The fourth-order valence-electron chi connectivity index (χ4n) is 2.01. The van der Waals surface area contributed by atoms with Crippen molar-refractivity contribution in [1.82, 2.24) is 0 Å². The lowest BCUT2D eigenvalue weighted by Crippen LogP contribution is -2.13. The largest absolute Gasteiger partial charge is 0.493 e. The van der Waals surface area contributed by atoms with Crippen LogP contribution in [0.5, 0.6) is 11.5 Å². The molecule has 0 unspecified atom stereocenters. The first-order chi connectivity index (χ1) is 11.4. The van der Waals surface area contributed by atoms with Crippen molar-refractivity contribution in [2.45, 2.75) is 13.8 Å². The number of carbonyl (C=O) groups is 1. The minimum absolute atomic E-state index is 0.257. The summed E-state index contributed by atoms with van der Waals surface area (Å²) in [6, 6.07) is 10.8. The molecule has 0 spiro atoms. The summed E-state index contributed by atoms with van der Waals surface area (Å²) in [5.41, 5.74) is 1.13. The average Bonchev–Trinajstić information content (AvgIpc) is 2.52. The normalized spacial score (nSPS) is 10.6. The lowest BCUT2D eigenvalue weighted by molar-refractivity contribution is 0.102. The standard InChI is InChI=1S/C18H19ClINO3/c1-11(2)10-24-17-15(19)7-12(8-16(17)23-3)18(22)21-14-6-4-5-13(20)9-14/h4-9,11H,10H2,1-3H3,(H,21,22). The van der Waals surface area contributed by atoms with E-state index in [2.05, 4.69) is 27.9 Å². The highest BCUT2D eigenvalue weighted by atomic mass is 127. The van der Waals surface area contributed by atoms with Crippen molar-refractivity contribution in [2.24, 2.45) is 5.92 Å². The fraction of sp³-hybridized carbons (Fsp3) is 0.278. The highest BCUT2D eigenvalue weighted by Crippen LogP contribution is 2.37. The molecule has 128 valence electrons. The molecule has 2 aromatic carbocycles. The second-order valence-electron chi connectivity index (χ2n) is 5.66. The zero-order valence-electron chi connectivity index (χ0n) is 13.7. The van der Waals surface area contributed by atoms with Crippen molar-refractivity contribution < 1.29 is 14.3 Å². The van der Waals surface area contributed by atoms with Crippen molar-refractivity contribution in [3.63, 3.8) is 0 Å². The first-order valence-electron chi connectivity index (χ1n) is 7.48. The molecule has 0 bridgehead atoms. The van der Waals surface area contributed by atoms with Gasteiger partial charge in [0.1, 0.15) is 0 Å². The topological polar surface area (TPSA) is 47.6 Å². The number of hydrogen-bond acceptors (Lipinski definition) is 3. The fourth-order valence-corrected chi connectivity index (χ4v) is 2.82. The number of benzene rings is 2. The molecule has 0 aliphatic heterocycles. The van der Waals surface area contributed by atoms with Crippen molar-refractivity contribution in [3.8, 4) is 11.5 Å². The van der Waals surface area contributed by atoms with Gasteiger partial charge in [0.05, 0.1) is 18.7 Å². The van der Waals surface area contributed by atoms with E-state index < -0.39 is 0 Å². The summed E-state index contributed by atoms with van der Waals surface area (Å²) in [7, 11) is 1.52. The molecule has 6 heteroatoms. The first-order valence-corrected chi connectivity index (χ1v) is 8.93. The molecule has 2 aromatic rings. The van der Waals surface area contributed by atoms with Crippen molar-refractivity contribution in [3.05, 3.63) is 50.6 Å². The molecule has 0 saturated carbocycles. The summed E-state index contributed by atoms with van der Waals surface area (Å²) in [4.78, 5) is 12.5. The Balaban J connectivity index is 2.24. The van der Waals surface area contributed by atoms with Crippen LogP contribution in [-0.2, 0) is 0 Å². The van der Waals surface area contributed by atoms with Gasteiger partial charge in [-0.25, -0.2) is 0 Å². The van der Waals surface area contributed by atoms with Crippen LogP contribution in [0, 0.1) is 9.49 Å². The zero-order valence-corrected chi connectivity index (χ0v) is 16.6. The van der Waals surface area contributed by atoms with E-state index in [1.807, 2.05) is 38.1 Å². The third-order valence-electron chi connectivity index (χ3n) is 3.14. The number of anilines is 1. The van der Waals surface area contributed by atoms with E-state index in [1.54, 1.807) is 12.1 Å². The highest BCUT2D eigenvalue weighted by molar-refractivity contribution is 14.1. The third-order valence-corrected chi connectivity index (χ3v) is 4.09. The van der Waals surface area contributed by atoms with Crippen LogP contribution >= 0.6 is 34.2 Å². The van der Waals surface area contributed by atoms with E-state index in [0.717, 1.165) is 9.26 Å². The predicted octanol–water partition coefficient (Wildman–Crippen LogP) is 5.24. The molecule has 0 aliphatic rings. The van der Waals surface area contributed by atoms with Gasteiger partial charge in [0.2, 0.25) is 0 Å².